The van der Waals surface area contributed by atoms with Gasteiger partial charge in [0.1, 0.15) is 0 Å². The third-order valence-corrected chi connectivity index (χ3v) is 4.07. The van der Waals surface area contributed by atoms with Crippen LogP contribution >= 0.6 is 0 Å². The highest BCUT2D eigenvalue weighted by molar-refractivity contribution is 5.96. The Morgan fingerprint density at radius 3 is 2.50 bits per heavy atom. The lowest BCUT2D eigenvalue weighted by atomic mass is 10.0. The van der Waals surface area contributed by atoms with Gasteiger partial charge in [-0.05, 0) is 32.0 Å². The number of para-hydroxylation sites is 1. The zero-order valence-electron chi connectivity index (χ0n) is 14.1. The molecule has 3 rings (SSSR count). The maximum absolute atomic E-state index is 11.8. The molecule has 1 heterocycles. The summed E-state index contributed by atoms with van der Waals surface area (Å²) in [5.41, 5.74) is 5.67. The number of hydrogen-bond acceptors (Lipinski definition) is 4. The molecule has 0 spiro atoms. The molecular weight excluding hydrogens is 300 g/mol. The minimum atomic E-state index is -0.276. The molecule has 0 saturated heterocycles. The molecule has 0 atom stereocenters. The molecule has 0 fully saturated rings. The van der Waals surface area contributed by atoms with Crippen molar-refractivity contribution >= 4 is 28.2 Å². The lowest BCUT2D eigenvalue weighted by Crippen LogP contribution is -2.10. The molecule has 0 aliphatic rings. The molecule has 0 unspecified atom stereocenters. The summed E-state index contributed by atoms with van der Waals surface area (Å²) < 4.78 is 4.85. The second kappa shape index (κ2) is 6.71. The molecule has 4 nitrogen and oxygen atoms in total. The molecule has 0 radical (unpaired) electrons. The van der Waals surface area contributed by atoms with Crippen LogP contribution < -0.4 is 5.32 Å². The van der Waals surface area contributed by atoms with Crippen molar-refractivity contribution in [1.29, 1.82) is 0 Å². The molecule has 0 aliphatic heterocycles. The van der Waals surface area contributed by atoms with Crippen LogP contribution in [0.1, 0.15) is 16.8 Å². The van der Waals surface area contributed by atoms with E-state index in [1.807, 2.05) is 43.3 Å². The molecule has 4 heteroatoms. The van der Waals surface area contributed by atoms with Gasteiger partial charge in [-0.1, -0.05) is 35.9 Å². The predicted octanol–water partition coefficient (Wildman–Crippen LogP) is 4.31. The molecule has 0 saturated carbocycles. The predicted molar refractivity (Wildman–Crippen MR) is 96.7 cm³/mol. The van der Waals surface area contributed by atoms with Crippen molar-refractivity contribution in [1.82, 2.24) is 4.98 Å². The Morgan fingerprint density at radius 1 is 1.08 bits per heavy atom. The summed E-state index contributed by atoms with van der Waals surface area (Å²) in [6.45, 7) is 3.98. The van der Waals surface area contributed by atoms with E-state index < -0.39 is 0 Å². The number of esters is 1. The van der Waals surface area contributed by atoms with E-state index in [0.29, 0.717) is 0 Å². The third kappa shape index (κ3) is 3.23. The number of carbonyl (C=O) groups is 1. The second-order valence-corrected chi connectivity index (χ2v) is 5.81. The standard InChI is InChI=1S/C20H20N2O2/c1-13-8-10-15(11-9-13)22-20-16-6-4-5-7-18(16)21-14(2)17(20)12-19(23)24-3/h4-11H,12H2,1-3H3,(H,21,22). The van der Waals surface area contributed by atoms with Gasteiger partial charge < -0.3 is 10.1 Å². The van der Waals surface area contributed by atoms with E-state index in [4.69, 9.17) is 4.74 Å². The number of nitrogens with one attached hydrogen (secondary N) is 1. The van der Waals surface area contributed by atoms with Gasteiger partial charge in [-0.3, -0.25) is 9.78 Å². The summed E-state index contributed by atoms with van der Waals surface area (Å²) in [4.78, 5) is 16.5. The van der Waals surface area contributed by atoms with Crippen LogP contribution in [0, 0.1) is 13.8 Å². The zero-order chi connectivity index (χ0) is 17.1. The van der Waals surface area contributed by atoms with Crippen molar-refractivity contribution in [3.63, 3.8) is 0 Å². The number of anilines is 2. The quantitative estimate of drug-likeness (QED) is 0.728. The monoisotopic (exact) mass is 320 g/mol. The van der Waals surface area contributed by atoms with Crippen molar-refractivity contribution in [2.45, 2.75) is 20.3 Å². The minimum Gasteiger partial charge on any atom is -0.469 e. The second-order valence-electron chi connectivity index (χ2n) is 5.81. The fourth-order valence-electron chi connectivity index (χ4n) is 2.73. The number of methoxy groups -OCH3 is 1. The number of benzene rings is 2. The average Bonchev–Trinajstić information content (AvgIpc) is 2.59. The van der Waals surface area contributed by atoms with Crippen LogP contribution in [0.3, 0.4) is 0 Å². The summed E-state index contributed by atoms with van der Waals surface area (Å²) in [7, 11) is 1.40. The Hall–Kier alpha value is -2.88. The largest absolute Gasteiger partial charge is 0.469 e. The minimum absolute atomic E-state index is 0.189. The number of hydrogen-bond donors (Lipinski definition) is 1. The molecule has 2 aromatic carbocycles. The van der Waals surface area contributed by atoms with Crippen LogP contribution in [-0.4, -0.2) is 18.1 Å². The van der Waals surface area contributed by atoms with Crippen molar-refractivity contribution in [2.24, 2.45) is 0 Å². The van der Waals surface area contributed by atoms with Crippen LogP contribution in [0.15, 0.2) is 48.5 Å². The number of ether oxygens (including phenoxy) is 1. The summed E-state index contributed by atoms with van der Waals surface area (Å²) >= 11 is 0. The summed E-state index contributed by atoms with van der Waals surface area (Å²) in [5.74, 6) is -0.276. The zero-order valence-corrected chi connectivity index (χ0v) is 14.1. The molecule has 3 aromatic rings. The van der Waals surface area contributed by atoms with Gasteiger partial charge in [0.2, 0.25) is 0 Å². The molecule has 24 heavy (non-hydrogen) atoms. The first-order valence-electron chi connectivity index (χ1n) is 7.87. The van der Waals surface area contributed by atoms with Gasteiger partial charge in [0.05, 0.1) is 24.7 Å². The summed E-state index contributed by atoms with van der Waals surface area (Å²) in [6, 6.07) is 16.1. The van der Waals surface area contributed by atoms with E-state index in [1.54, 1.807) is 0 Å². The maximum atomic E-state index is 11.8. The van der Waals surface area contributed by atoms with E-state index in [2.05, 4.69) is 29.4 Å². The van der Waals surface area contributed by atoms with Gasteiger partial charge in [0.15, 0.2) is 0 Å². The topological polar surface area (TPSA) is 51.2 Å². The van der Waals surface area contributed by atoms with Crippen LogP contribution in [0.2, 0.25) is 0 Å². The van der Waals surface area contributed by atoms with Crippen molar-refractivity contribution in [3.8, 4) is 0 Å². The van der Waals surface area contributed by atoms with Crippen molar-refractivity contribution in [3.05, 3.63) is 65.4 Å². The number of nitrogens with zero attached hydrogens (tertiary/aromatic N) is 1. The molecule has 0 amide bonds. The molecule has 0 bridgehead atoms. The van der Waals surface area contributed by atoms with Gasteiger partial charge in [-0.2, -0.15) is 0 Å². The molecule has 122 valence electrons. The van der Waals surface area contributed by atoms with E-state index in [0.717, 1.165) is 33.5 Å². The normalized spacial score (nSPS) is 10.6. The first-order valence-corrected chi connectivity index (χ1v) is 7.87. The Morgan fingerprint density at radius 2 is 1.79 bits per heavy atom. The van der Waals surface area contributed by atoms with E-state index in [1.165, 1.54) is 12.7 Å². The Bertz CT molecular complexity index is 886. The van der Waals surface area contributed by atoms with Gasteiger partial charge in [-0.25, -0.2) is 0 Å². The number of pyridine rings is 1. The first-order chi connectivity index (χ1) is 11.6. The van der Waals surface area contributed by atoms with Crippen LogP contribution in [0.25, 0.3) is 10.9 Å². The van der Waals surface area contributed by atoms with E-state index in [-0.39, 0.29) is 12.4 Å². The fourth-order valence-corrected chi connectivity index (χ4v) is 2.73. The van der Waals surface area contributed by atoms with Crippen LogP contribution in [-0.2, 0) is 16.0 Å². The van der Waals surface area contributed by atoms with Gasteiger partial charge in [0.25, 0.3) is 0 Å². The number of aromatic nitrogens is 1. The van der Waals surface area contributed by atoms with E-state index >= 15 is 0 Å². The Balaban J connectivity index is 2.15. The highest BCUT2D eigenvalue weighted by atomic mass is 16.5. The van der Waals surface area contributed by atoms with Gasteiger partial charge in [0, 0.05) is 22.3 Å². The molecular formula is C20H20N2O2. The molecule has 1 aromatic heterocycles. The molecule has 1 N–H and O–H groups in total. The molecule has 0 aliphatic carbocycles. The van der Waals surface area contributed by atoms with Gasteiger partial charge in [-0.15, -0.1) is 0 Å². The Kier molecular flexibility index (Phi) is 4.47. The Labute approximate surface area is 141 Å². The number of aryl methyl sites for hydroxylation is 2. The number of fused-ring (bicyclic) bond motifs is 1. The highest BCUT2D eigenvalue weighted by Gasteiger charge is 2.16. The van der Waals surface area contributed by atoms with Crippen LogP contribution in [0.4, 0.5) is 11.4 Å². The summed E-state index contributed by atoms with van der Waals surface area (Å²) in [5, 5.41) is 4.45. The number of carbonyl (C=O) groups excluding carboxylic acids is 1. The number of rotatable bonds is 4. The van der Waals surface area contributed by atoms with Crippen LogP contribution in [0.5, 0.6) is 0 Å². The summed E-state index contributed by atoms with van der Waals surface area (Å²) in [6.07, 6.45) is 0.189. The lowest BCUT2D eigenvalue weighted by molar-refractivity contribution is -0.139. The highest BCUT2D eigenvalue weighted by Crippen LogP contribution is 2.31. The average molecular weight is 320 g/mol. The van der Waals surface area contributed by atoms with Gasteiger partial charge >= 0.3 is 5.97 Å². The lowest BCUT2D eigenvalue weighted by Gasteiger charge is -2.17. The first kappa shape index (κ1) is 16.0. The van der Waals surface area contributed by atoms with Crippen molar-refractivity contribution < 1.29 is 9.53 Å². The fraction of sp³-hybridized carbons (Fsp3) is 0.200. The van der Waals surface area contributed by atoms with E-state index in [9.17, 15) is 4.79 Å². The third-order valence-electron chi connectivity index (χ3n) is 4.07. The smallest absolute Gasteiger partial charge is 0.310 e. The maximum Gasteiger partial charge on any atom is 0.310 e. The van der Waals surface area contributed by atoms with Crippen molar-refractivity contribution in [2.75, 3.05) is 12.4 Å². The SMILES string of the molecule is COC(=O)Cc1c(C)nc2ccccc2c1Nc1ccc(C)cc1.